The Kier molecular flexibility index (Phi) is 9.88. The molecule has 1 rings (SSSR count). The maximum Gasteiger partial charge on any atom is 0.408 e. The van der Waals surface area contributed by atoms with Gasteiger partial charge in [0.2, 0.25) is 5.91 Å². The lowest BCUT2D eigenvalue weighted by molar-refractivity contribution is -0.139. The fourth-order valence-corrected chi connectivity index (χ4v) is 2.94. The molecule has 1 aromatic carbocycles. The fourth-order valence-electron chi connectivity index (χ4n) is 2.94. The molecule has 0 spiro atoms. The summed E-state index contributed by atoms with van der Waals surface area (Å²) >= 11 is 0. The van der Waals surface area contributed by atoms with Gasteiger partial charge in [0.25, 0.3) is 0 Å². The van der Waals surface area contributed by atoms with Gasteiger partial charge in [0.05, 0.1) is 12.8 Å². The molecule has 9 nitrogen and oxygen atoms in total. The van der Waals surface area contributed by atoms with Gasteiger partial charge < -0.3 is 25.3 Å². The Bertz CT molecular complexity index is 934. The summed E-state index contributed by atoms with van der Waals surface area (Å²) < 4.78 is 16.2. The quantitative estimate of drug-likeness (QED) is 0.408. The van der Waals surface area contributed by atoms with Gasteiger partial charge in [-0.3, -0.25) is 14.4 Å². The van der Waals surface area contributed by atoms with Crippen molar-refractivity contribution in [2.24, 2.45) is 16.6 Å². The number of hydrogen-bond acceptors (Lipinski definition) is 7. The van der Waals surface area contributed by atoms with Crippen LogP contribution in [0.2, 0.25) is 0 Å². The summed E-state index contributed by atoms with van der Waals surface area (Å²) in [5.74, 6) is -1.61. The topological polar surface area (TPSA) is 134 Å². The zero-order valence-corrected chi connectivity index (χ0v) is 22.4. The number of rotatable bonds is 8. The summed E-state index contributed by atoms with van der Waals surface area (Å²) in [5.41, 5.74) is 4.65. The number of nitrogens with two attached hydrogens (primary N) is 1. The van der Waals surface area contributed by atoms with E-state index in [1.165, 1.54) is 12.1 Å². The summed E-state index contributed by atoms with van der Waals surface area (Å²) in [7, 11) is 0. The number of esters is 2. The van der Waals surface area contributed by atoms with Crippen LogP contribution < -0.4 is 20.5 Å². The van der Waals surface area contributed by atoms with Gasteiger partial charge in [-0.25, -0.2) is 4.79 Å². The average Bonchev–Trinajstić information content (AvgIpc) is 2.58. The van der Waals surface area contributed by atoms with Gasteiger partial charge in [0, 0.05) is 6.42 Å². The Morgan fingerprint density at radius 2 is 1.31 bits per heavy atom. The minimum atomic E-state index is -1.07. The van der Waals surface area contributed by atoms with E-state index in [1.807, 2.05) is 41.5 Å². The van der Waals surface area contributed by atoms with Crippen LogP contribution in [0.25, 0.3) is 0 Å². The van der Waals surface area contributed by atoms with E-state index in [2.05, 4.69) is 5.32 Å². The summed E-state index contributed by atoms with van der Waals surface area (Å²) in [5, 5.41) is 2.46. The Hall–Kier alpha value is -3.10. The van der Waals surface area contributed by atoms with Gasteiger partial charge in [-0.1, -0.05) is 47.6 Å². The van der Waals surface area contributed by atoms with Gasteiger partial charge in [0.15, 0.2) is 11.5 Å². The van der Waals surface area contributed by atoms with Crippen molar-refractivity contribution in [2.75, 3.05) is 0 Å². The zero-order valence-electron chi connectivity index (χ0n) is 22.4. The molecule has 0 heterocycles. The van der Waals surface area contributed by atoms with Crippen LogP contribution in [0, 0.1) is 10.8 Å². The van der Waals surface area contributed by atoms with Crippen LogP contribution in [0.4, 0.5) is 4.79 Å². The maximum absolute atomic E-state index is 12.5. The number of carbonyl (C=O) groups excluding carboxylic acids is 4. The van der Waals surface area contributed by atoms with Crippen LogP contribution in [0.1, 0.15) is 80.7 Å². The molecule has 0 aromatic heterocycles. The number of benzene rings is 1. The number of ether oxygens (including phenoxy) is 3. The smallest absolute Gasteiger partial charge is 0.408 e. The maximum atomic E-state index is 12.5. The molecule has 2 amide bonds. The highest BCUT2D eigenvalue weighted by atomic mass is 16.6. The van der Waals surface area contributed by atoms with Crippen molar-refractivity contribution < 1.29 is 33.4 Å². The van der Waals surface area contributed by atoms with Crippen molar-refractivity contribution in [1.82, 2.24) is 5.32 Å². The first kappa shape index (κ1) is 29.9. The fraction of sp³-hybridized carbons (Fsp3) is 0.615. The number of alkyl carbamates (subject to hydrolysis) is 1. The molecule has 0 aliphatic heterocycles. The molecule has 0 fully saturated rings. The van der Waals surface area contributed by atoms with Gasteiger partial charge in [-0.2, -0.15) is 0 Å². The van der Waals surface area contributed by atoms with E-state index < -0.39 is 35.6 Å². The number of nitrogens with one attached hydrogen (secondary N) is 1. The molecular weight excluding hydrogens is 452 g/mol. The van der Waals surface area contributed by atoms with Crippen molar-refractivity contribution in [2.45, 2.75) is 93.2 Å². The van der Waals surface area contributed by atoms with Gasteiger partial charge >= 0.3 is 18.0 Å². The lowest BCUT2D eigenvalue weighted by Crippen LogP contribution is -2.47. The van der Waals surface area contributed by atoms with Gasteiger partial charge in [-0.05, 0) is 49.3 Å². The summed E-state index contributed by atoms with van der Waals surface area (Å²) in [6, 6.07) is 3.51. The van der Waals surface area contributed by atoms with Crippen LogP contribution in [0.3, 0.4) is 0 Å². The molecule has 3 N–H and O–H groups in total. The molecule has 0 radical (unpaired) electrons. The molecular formula is C26H40N2O7. The van der Waals surface area contributed by atoms with Gasteiger partial charge in [0.1, 0.15) is 11.6 Å². The first-order chi connectivity index (χ1) is 15.7. The van der Waals surface area contributed by atoms with Crippen LogP contribution >= 0.6 is 0 Å². The van der Waals surface area contributed by atoms with Crippen molar-refractivity contribution in [3.05, 3.63) is 23.8 Å². The largest absolute Gasteiger partial charge is 0.444 e. The second-order valence-electron chi connectivity index (χ2n) is 12.0. The van der Waals surface area contributed by atoms with E-state index in [1.54, 1.807) is 26.8 Å². The van der Waals surface area contributed by atoms with Crippen LogP contribution in [0.5, 0.6) is 11.5 Å². The van der Waals surface area contributed by atoms with Crippen molar-refractivity contribution >= 4 is 23.9 Å². The monoisotopic (exact) mass is 492 g/mol. The highest BCUT2D eigenvalue weighted by Gasteiger charge is 2.25. The Balaban J connectivity index is 3.19. The molecule has 0 bridgehead atoms. The standard InChI is InChI=1S/C26H40N2O7/c1-24(2,3)14-20(29)33-18-11-10-16(13-19(18)34-21(30)15-25(4,5)6)12-17(22(27)31)28-23(32)35-26(7,8)9/h10-11,13,17H,12,14-15H2,1-9H3,(H2,27,31)(H,28,32)/t17-/m0/s1. The third kappa shape index (κ3) is 12.8. The second kappa shape index (κ2) is 11.6. The molecule has 196 valence electrons. The van der Waals surface area contributed by atoms with E-state index in [9.17, 15) is 19.2 Å². The Labute approximate surface area is 208 Å². The van der Waals surface area contributed by atoms with E-state index in [0.29, 0.717) is 5.56 Å². The average molecular weight is 493 g/mol. The molecule has 1 atom stereocenters. The van der Waals surface area contributed by atoms with Crippen molar-refractivity contribution in [1.29, 1.82) is 0 Å². The molecule has 0 saturated carbocycles. The minimum Gasteiger partial charge on any atom is -0.444 e. The Morgan fingerprint density at radius 1 is 0.829 bits per heavy atom. The van der Waals surface area contributed by atoms with Crippen LogP contribution in [-0.2, 0) is 25.5 Å². The molecule has 0 unspecified atom stereocenters. The van der Waals surface area contributed by atoms with Crippen LogP contribution in [0.15, 0.2) is 18.2 Å². The molecule has 0 saturated heterocycles. The summed E-state index contributed by atoms with van der Waals surface area (Å²) in [6.07, 6.45) is -0.482. The summed E-state index contributed by atoms with van der Waals surface area (Å²) in [4.78, 5) is 49.0. The number of amides is 2. The highest BCUT2D eigenvalue weighted by Crippen LogP contribution is 2.32. The summed E-state index contributed by atoms with van der Waals surface area (Å²) in [6.45, 7) is 16.5. The number of hydrogen-bond donors (Lipinski definition) is 2. The Morgan fingerprint density at radius 3 is 1.74 bits per heavy atom. The SMILES string of the molecule is CC(C)(C)CC(=O)Oc1ccc(C[C@H](NC(=O)OC(C)(C)C)C(N)=O)cc1OC(=O)CC(C)(C)C. The minimum absolute atomic E-state index is 0.00855. The molecule has 0 aliphatic rings. The van der Waals surface area contributed by atoms with E-state index in [-0.39, 0.29) is 41.6 Å². The highest BCUT2D eigenvalue weighted by molar-refractivity contribution is 5.84. The van der Waals surface area contributed by atoms with E-state index in [0.717, 1.165) is 0 Å². The van der Waals surface area contributed by atoms with E-state index in [4.69, 9.17) is 19.9 Å². The third-order valence-electron chi connectivity index (χ3n) is 4.28. The second-order valence-corrected chi connectivity index (χ2v) is 12.0. The predicted molar refractivity (Wildman–Crippen MR) is 132 cm³/mol. The number of carbonyl (C=O) groups is 4. The molecule has 9 heteroatoms. The number of primary amides is 1. The van der Waals surface area contributed by atoms with Crippen molar-refractivity contribution in [3.63, 3.8) is 0 Å². The first-order valence-electron chi connectivity index (χ1n) is 11.6. The van der Waals surface area contributed by atoms with Crippen molar-refractivity contribution in [3.8, 4) is 11.5 Å². The zero-order chi connectivity index (χ0) is 27.2. The molecule has 35 heavy (non-hydrogen) atoms. The van der Waals surface area contributed by atoms with E-state index >= 15 is 0 Å². The first-order valence-corrected chi connectivity index (χ1v) is 11.6. The molecule has 1 aromatic rings. The normalized spacial score (nSPS) is 12.9. The van der Waals surface area contributed by atoms with Gasteiger partial charge in [-0.15, -0.1) is 0 Å². The third-order valence-corrected chi connectivity index (χ3v) is 4.28. The lowest BCUT2D eigenvalue weighted by atomic mass is 9.92. The molecule has 0 aliphatic carbocycles. The predicted octanol–water partition coefficient (Wildman–Crippen LogP) is 4.29. The van der Waals surface area contributed by atoms with Crippen LogP contribution in [-0.4, -0.2) is 35.6 Å². The lowest BCUT2D eigenvalue weighted by Gasteiger charge is -2.22.